The molecule has 31 heavy (non-hydrogen) atoms. The zero-order valence-electron chi connectivity index (χ0n) is 15.8. The van der Waals surface area contributed by atoms with E-state index in [0.717, 1.165) is 0 Å². The van der Waals surface area contributed by atoms with Crippen LogP contribution in [0.1, 0.15) is 19.3 Å². The number of carbonyl (C=O) groups excluding carboxylic acids is 3. The summed E-state index contributed by atoms with van der Waals surface area (Å²) < 4.78 is 0. The SMILES string of the molecule is NC(CC(=O)O)C(=O)NC(CC(=O)O)C(=O)NC(CC(=O)O)C(=O)NC(CO)C(=O)O. The van der Waals surface area contributed by atoms with Crippen LogP contribution in [0, 0.1) is 0 Å². The van der Waals surface area contributed by atoms with Gasteiger partial charge in [0.2, 0.25) is 17.7 Å². The predicted molar refractivity (Wildman–Crippen MR) is 95.2 cm³/mol. The topological polar surface area (TPSA) is 283 Å². The highest BCUT2D eigenvalue weighted by Gasteiger charge is 2.32. The van der Waals surface area contributed by atoms with Crippen molar-refractivity contribution in [2.24, 2.45) is 5.73 Å². The van der Waals surface area contributed by atoms with Crippen molar-refractivity contribution < 1.29 is 59.1 Å². The van der Waals surface area contributed by atoms with Crippen molar-refractivity contribution in [1.82, 2.24) is 16.0 Å². The Morgan fingerprint density at radius 2 is 0.968 bits per heavy atom. The highest BCUT2D eigenvalue weighted by atomic mass is 16.4. The lowest BCUT2D eigenvalue weighted by Crippen LogP contribution is -2.58. The summed E-state index contributed by atoms with van der Waals surface area (Å²) in [5.74, 6) is -10.1. The van der Waals surface area contributed by atoms with Gasteiger partial charge in [-0.3, -0.25) is 28.8 Å². The molecule has 0 radical (unpaired) electrons. The van der Waals surface area contributed by atoms with E-state index in [1.165, 1.54) is 0 Å². The number of carboxylic acids is 4. The molecule has 16 nitrogen and oxygen atoms in total. The molecule has 174 valence electrons. The number of amides is 3. The van der Waals surface area contributed by atoms with Gasteiger partial charge in [-0.25, -0.2) is 4.79 Å². The monoisotopic (exact) mass is 450 g/mol. The predicted octanol–water partition coefficient (Wildman–Crippen LogP) is -4.73. The molecule has 0 aromatic rings. The standard InChI is InChI=1S/C15H22N4O12/c16-5(1-9(21)22)12(27)17-6(2-10(23)24)13(28)18-7(3-11(25)26)14(29)19-8(4-20)15(30)31/h5-8,20H,1-4,16H2,(H,17,27)(H,18,28)(H,19,29)(H,21,22)(H,23,24)(H,25,26)(H,30,31). The number of nitrogens with one attached hydrogen (secondary N) is 3. The van der Waals surface area contributed by atoms with Gasteiger partial charge in [0.15, 0.2) is 0 Å². The Balaban J connectivity index is 5.47. The summed E-state index contributed by atoms with van der Waals surface area (Å²) in [5.41, 5.74) is 5.32. The van der Waals surface area contributed by atoms with Crippen LogP contribution in [0.15, 0.2) is 0 Å². The highest BCUT2D eigenvalue weighted by molar-refractivity contribution is 5.97. The lowest BCUT2D eigenvalue weighted by molar-refractivity contribution is -0.145. The van der Waals surface area contributed by atoms with Crippen LogP contribution in [0.2, 0.25) is 0 Å². The van der Waals surface area contributed by atoms with Crippen molar-refractivity contribution in [2.45, 2.75) is 43.4 Å². The summed E-state index contributed by atoms with van der Waals surface area (Å²) in [6, 6.07) is -7.23. The molecule has 10 N–H and O–H groups in total. The van der Waals surface area contributed by atoms with Crippen molar-refractivity contribution in [1.29, 1.82) is 0 Å². The Hall–Kier alpha value is -3.79. The van der Waals surface area contributed by atoms with Crippen molar-refractivity contribution >= 4 is 41.6 Å². The van der Waals surface area contributed by atoms with E-state index < -0.39 is 91.6 Å². The molecular weight excluding hydrogens is 428 g/mol. The zero-order valence-corrected chi connectivity index (χ0v) is 15.8. The first kappa shape index (κ1) is 27.2. The van der Waals surface area contributed by atoms with Gasteiger partial charge in [-0.05, 0) is 0 Å². The molecule has 0 rings (SSSR count). The number of aliphatic carboxylic acids is 4. The third kappa shape index (κ3) is 10.5. The molecule has 4 unspecified atom stereocenters. The van der Waals surface area contributed by atoms with E-state index in [9.17, 15) is 33.6 Å². The molecule has 0 spiro atoms. The van der Waals surface area contributed by atoms with Gasteiger partial charge in [0.1, 0.15) is 18.1 Å². The van der Waals surface area contributed by atoms with Crippen LogP contribution in [0.4, 0.5) is 0 Å². The highest BCUT2D eigenvalue weighted by Crippen LogP contribution is 2.01. The van der Waals surface area contributed by atoms with E-state index in [-0.39, 0.29) is 0 Å². The van der Waals surface area contributed by atoms with E-state index in [2.05, 4.69) is 0 Å². The summed E-state index contributed by atoms with van der Waals surface area (Å²) >= 11 is 0. The molecule has 0 bridgehead atoms. The number of rotatable bonds is 14. The van der Waals surface area contributed by atoms with Crippen LogP contribution in [0.3, 0.4) is 0 Å². The number of hydrogen-bond acceptors (Lipinski definition) is 9. The second-order valence-corrected chi connectivity index (χ2v) is 6.10. The molecule has 0 aromatic carbocycles. The maximum absolute atomic E-state index is 12.4. The van der Waals surface area contributed by atoms with Gasteiger partial charge in [0.05, 0.1) is 31.9 Å². The Morgan fingerprint density at radius 1 is 0.613 bits per heavy atom. The maximum Gasteiger partial charge on any atom is 0.328 e. The molecule has 0 aliphatic carbocycles. The van der Waals surface area contributed by atoms with E-state index >= 15 is 0 Å². The second kappa shape index (κ2) is 12.7. The molecule has 16 heteroatoms. The molecule has 0 aliphatic rings. The van der Waals surface area contributed by atoms with E-state index in [1.54, 1.807) is 5.32 Å². The largest absolute Gasteiger partial charge is 0.481 e. The van der Waals surface area contributed by atoms with Crippen LogP contribution >= 0.6 is 0 Å². The van der Waals surface area contributed by atoms with Crippen molar-refractivity contribution in [2.75, 3.05) is 6.61 Å². The molecule has 0 aliphatic heterocycles. The minimum atomic E-state index is -1.90. The molecule has 0 saturated heterocycles. The quantitative estimate of drug-likeness (QED) is 0.120. The fourth-order valence-electron chi connectivity index (χ4n) is 2.06. The van der Waals surface area contributed by atoms with Gasteiger partial charge in [0, 0.05) is 0 Å². The fourth-order valence-corrected chi connectivity index (χ4v) is 2.06. The molecule has 3 amide bonds. The molecular formula is C15H22N4O12. The average Bonchev–Trinajstić information content (AvgIpc) is 2.62. The Morgan fingerprint density at radius 3 is 1.29 bits per heavy atom. The van der Waals surface area contributed by atoms with Gasteiger partial charge in [-0.2, -0.15) is 0 Å². The number of hydrogen-bond donors (Lipinski definition) is 9. The molecule has 4 atom stereocenters. The minimum Gasteiger partial charge on any atom is -0.481 e. The Labute approximate surface area is 173 Å². The molecule has 0 heterocycles. The minimum absolute atomic E-state index is 0.838. The first-order valence-corrected chi connectivity index (χ1v) is 8.44. The summed E-state index contributed by atoms with van der Waals surface area (Å²) in [6.45, 7) is -1.05. The van der Waals surface area contributed by atoms with E-state index in [1.807, 2.05) is 10.6 Å². The van der Waals surface area contributed by atoms with Gasteiger partial charge in [0.25, 0.3) is 0 Å². The van der Waals surface area contributed by atoms with E-state index in [0.29, 0.717) is 0 Å². The number of nitrogens with two attached hydrogens (primary N) is 1. The lowest BCUT2D eigenvalue weighted by atomic mass is 10.1. The van der Waals surface area contributed by atoms with Crippen LogP contribution in [0.25, 0.3) is 0 Å². The van der Waals surface area contributed by atoms with Crippen LogP contribution in [-0.2, 0) is 33.6 Å². The van der Waals surface area contributed by atoms with Crippen LogP contribution < -0.4 is 21.7 Å². The van der Waals surface area contributed by atoms with Gasteiger partial charge >= 0.3 is 23.9 Å². The van der Waals surface area contributed by atoms with Crippen LogP contribution in [0.5, 0.6) is 0 Å². The first-order chi connectivity index (χ1) is 14.3. The molecule has 0 aromatic heterocycles. The molecule has 0 fully saturated rings. The van der Waals surface area contributed by atoms with Crippen molar-refractivity contribution in [3.63, 3.8) is 0 Å². The second-order valence-electron chi connectivity index (χ2n) is 6.10. The normalized spacial score (nSPS) is 14.3. The van der Waals surface area contributed by atoms with Gasteiger partial charge in [-0.1, -0.05) is 0 Å². The van der Waals surface area contributed by atoms with E-state index in [4.69, 9.17) is 31.3 Å². The van der Waals surface area contributed by atoms with Crippen LogP contribution in [-0.4, -0.2) is 97.9 Å². The summed E-state index contributed by atoms with van der Waals surface area (Å²) in [5, 5.41) is 49.7. The number of aliphatic hydroxyl groups excluding tert-OH is 1. The maximum atomic E-state index is 12.4. The number of aliphatic hydroxyl groups is 1. The smallest absolute Gasteiger partial charge is 0.328 e. The van der Waals surface area contributed by atoms with Crippen molar-refractivity contribution in [3.05, 3.63) is 0 Å². The average molecular weight is 450 g/mol. The molecule has 0 saturated carbocycles. The Kier molecular flexibility index (Phi) is 11.2. The Bertz CT molecular complexity index is 740. The van der Waals surface area contributed by atoms with Gasteiger partial charge in [-0.15, -0.1) is 0 Å². The lowest BCUT2D eigenvalue weighted by Gasteiger charge is -2.23. The number of carbonyl (C=O) groups is 7. The third-order valence-corrected chi connectivity index (χ3v) is 3.55. The fraction of sp³-hybridized carbons (Fsp3) is 0.533. The zero-order chi connectivity index (χ0) is 24.3. The summed E-state index contributed by atoms with van der Waals surface area (Å²) in [6.07, 6.45) is -2.93. The number of carboxylic acid groups (broad SMARTS) is 4. The first-order valence-electron chi connectivity index (χ1n) is 8.44. The summed E-state index contributed by atoms with van der Waals surface area (Å²) in [7, 11) is 0. The summed E-state index contributed by atoms with van der Waals surface area (Å²) in [4.78, 5) is 79.8. The van der Waals surface area contributed by atoms with Crippen molar-refractivity contribution in [3.8, 4) is 0 Å². The van der Waals surface area contributed by atoms with Gasteiger partial charge < -0.3 is 47.2 Å². The third-order valence-electron chi connectivity index (χ3n) is 3.55.